The second-order valence-electron chi connectivity index (χ2n) is 5.18. The van der Waals surface area contributed by atoms with Crippen molar-refractivity contribution >= 4 is 5.97 Å². The van der Waals surface area contributed by atoms with Gasteiger partial charge in [-0.1, -0.05) is 0 Å². The lowest BCUT2D eigenvalue weighted by Gasteiger charge is -2.26. The molecule has 0 saturated carbocycles. The van der Waals surface area contributed by atoms with Gasteiger partial charge in [-0.25, -0.2) is 4.79 Å². The first kappa shape index (κ1) is 16.6. The van der Waals surface area contributed by atoms with Gasteiger partial charge in [0.25, 0.3) is 0 Å². The summed E-state index contributed by atoms with van der Waals surface area (Å²) in [4.78, 5) is 13.3. The van der Waals surface area contributed by atoms with Gasteiger partial charge in [0.05, 0.1) is 32.5 Å². The number of hydrogen-bond donors (Lipinski definition) is 1. The van der Waals surface area contributed by atoms with Gasteiger partial charge in [-0.3, -0.25) is 4.90 Å². The SMILES string of the molecule is COc1cc(C(=O)O)ccc1OCCCCN1CCOCC1. The molecule has 122 valence electrons. The largest absolute Gasteiger partial charge is 0.493 e. The van der Waals surface area contributed by atoms with Crippen molar-refractivity contribution in [3.05, 3.63) is 23.8 Å². The molecule has 1 N–H and O–H groups in total. The van der Waals surface area contributed by atoms with Crippen LogP contribution in [0, 0.1) is 0 Å². The maximum absolute atomic E-state index is 10.9. The Hall–Kier alpha value is -1.79. The van der Waals surface area contributed by atoms with Crippen molar-refractivity contribution in [2.24, 2.45) is 0 Å². The second-order valence-corrected chi connectivity index (χ2v) is 5.18. The van der Waals surface area contributed by atoms with Crippen LogP contribution in [0.15, 0.2) is 18.2 Å². The summed E-state index contributed by atoms with van der Waals surface area (Å²) in [7, 11) is 1.51. The van der Waals surface area contributed by atoms with E-state index in [-0.39, 0.29) is 5.56 Å². The summed E-state index contributed by atoms with van der Waals surface area (Å²) >= 11 is 0. The summed E-state index contributed by atoms with van der Waals surface area (Å²) in [5.41, 5.74) is 0.191. The summed E-state index contributed by atoms with van der Waals surface area (Å²) in [6, 6.07) is 4.64. The Labute approximate surface area is 130 Å². The lowest BCUT2D eigenvalue weighted by molar-refractivity contribution is 0.0368. The van der Waals surface area contributed by atoms with Crippen LogP contribution >= 0.6 is 0 Å². The Balaban J connectivity index is 1.73. The van der Waals surface area contributed by atoms with Crippen molar-refractivity contribution in [2.45, 2.75) is 12.8 Å². The molecule has 0 unspecified atom stereocenters. The Bertz CT molecular complexity index is 485. The second kappa shape index (κ2) is 8.60. The first-order chi connectivity index (χ1) is 10.7. The number of unbranched alkanes of at least 4 members (excludes halogenated alkanes) is 1. The van der Waals surface area contributed by atoms with Crippen LogP contribution in [0.1, 0.15) is 23.2 Å². The zero-order chi connectivity index (χ0) is 15.8. The van der Waals surface area contributed by atoms with Gasteiger partial charge in [-0.05, 0) is 37.6 Å². The summed E-state index contributed by atoms with van der Waals surface area (Å²) in [6.45, 7) is 5.30. The molecule has 1 aliphatic rings. The van der Waals surface area contributed by atoms with Crippen LogP contribution in [0.3, 0.4) is 0 Å². The fourth-order valence-corrected chi connectivity index (χ4v) is 2.36. The molecule has 1 aromatic rings. The zero-order valence-electron chi connectivity index (χ0n) is 12.9. The lowest BCUT2D eigenvalue weighted by atomic mass is 10.2. The van der Waals surface area contributed by atoms with Crippen molar-refractivity contribution < 1.29 is 24.1 Å². The predicted octanol–water partition coefficient (Wildman–Crippen LogP) is 1.88. The number of rotatable bonds is 8. The van der Waals surface area contributed by atoms with Crippen molar-refractivity contribution in [3.63, 3.8) is 0 Å². The predicted molar refractivity (Wildman–Crippen MR) is 81.9 cm³/mol. The normalized spacial score (nSPS) is 15.5. The molecule has 2 rings (SSSR count). The minimum atomic E-state index is -0.977. The lowest BCUT2D eigenvalue weighted by Crippen LogP contribution is -2.36. The molecule has 1 aromatic carbocycles. The van der Waals surface area contributed by atoms with Gasteiger partial charge >= 0.3 is 5.97 Å². The molecule has 0 aromatic heterocycles. The molecule has 1 heterocycles. The average molecular weight is 309 g/mol. The summed E-state index contributed by atoms with van der Waals surface area (Å²) in [5, 5.41) is 8.96. The van der Waals surface area contributed by atoms with Gasteiger partial charge in [-0.15, -0.1) is 0 Å². The topological polar surface area (TPSA) is 68.2 Å². The molecule has 0 spiro atoms. The molecule has 1 fully saturated rings. The zero-order valence-corrected chi connectivity index (χ0v) is 12.9. The van der Waals surface area contributed by atoms with E-state index in [1.165, 1.54) is 19.2 Å². The molecule has 0 bridgehead atoms. The molecular formula is C16H23NO5. The van der Waals surface area contributed by atoms with Gasteiger partial charge in [0.15, 0.2) is 11.5 Å². The maximum atomic E-state index is 10.9. The van der Waals surface area contributed by atoms with E-state index in [4.69, 9.17) is 19.3 Å². The smallest absolute Gasteiger partial charge is 0.335 e. The van der Waals surface area contributed by atoms with Gasteiger partial charge in [0.1, 0.15) is 0 Å². The first-order valence-electron chi connectivity index (χ1n) is 7.55. The maximum Gasteiger partial charge on any atom is 0.335 e. The summed E-state index contributed by atoms with van der Waals surface area (Å²) in [5.74, 6) is 0.0577. The Morgan fingerprint density at radius 2 is 2.05 bits per heavy atom. The van der Waals surface area contributed by atoms with Crippen molar-refractivity contribution in [1.82, 2.24) is 4.90 Å². The number of aromatic carboxylic acids is 1. The molecule has 1 aliphatic heterocycles. The number of carboxylic acid groups (broad SMARTS) is 1. The van der Waals surface area contributed by atoms with Gasteiger partial charge < -0.3 is 19.3 Å². The number of carboxylic acids is 1. The molecule has 0 amide bonds. The van der Waals surface area contributed by atoms with E-state index >= 15 is 0 Å². The molecule has 0 atom stereocenters. The summed E-state index contributed by atoms with van der Waals surface area (Å²) < 4.78 is 16.2. The van der Waals surface area contributed by atoms with Gasteiger partial charge in [0, 0.05) is 13.1 Å². The van der Waals surface area contributed by atoms with E-state index in [1.54, 1.807) is 6.07 Å². The average Bonchev–Trinajstić information content (AvgIpc) is 2.55. The number of ether oxygens (including phenoxy) is 3. The van der Waals surface area contributed by atoms with E-state index in [2.05, 4.69) is 4.90 Å². The Kier molecular flexibility index (Phi) is 6.48. The monoisotopic (exact) mass is 309 g/mol. The Morgan fingerprint density at radius 1 is 1.27 bits per heavy atom. The molecular weight excluding hydrogens is 286 g/mol. The third kappa shape index (κ3) is 4.89. The third-order valence-electron chi connectivity index (χ3n) is 3.64. The van der Waals surface area contributed by atoms with Gasteiger partial charge in [0.2, 0.25) is 0 Å². The molecule has 6 nitrogen and oxygen atoms in total. The van der Waals surface area contributed by atoms with Crippen LogP contribution in [0.2, 0.25) is 0 Å². The van der Waals surface area contributed by atoms with Crippen molar-refractivity contribution in [2.75, 3.05) is 46.6 Å². The van der Waals surface area contributed by atoms with E-state index in [0.29, 0.717) is 18.1 Å². The van der Waals surface area contributed by atoms with Crippen LogP contribution in [0.5, 0.6) is 11.5 Å². The van der Waals surface area contributed by atoms with Crippen LogP contribution in [0.25, 0.3) is 0 Å². The fraction of sp³-hybridized carbons (Fsp3) is 0.562. The van der Waals surface area contributed by atoms with Crippen LogP contribution in [-0.4, -0.2) is 62.5 Å². The van der Waals surface area contributed by atoms with E-state index in [9.17, 15) is 4.79 Å². The minimum Gasteiger partial charge on any atom is -0.493 e. The quantitative estimate of drug-likeness (QED) is 0.740. The minimum absolute atomic E-state index is 0.191. The highest BCUT2D eigenvalue weighted by atomic mass is 16.5. The fourth-order valence-electron chi connectivity index (χ4n) is 2.36. The molecule has 22 heavy (non-hydrogen) atoms. The third-order valence-corrected chi connectivity index (χ3v) is 3.64. The number of hydrogen-bond acceptors (Lipinski definition) is 5. The molecule has 0 radical (unpaired) electrons. The van der Waals surface area contributed by atoms with Crippen molar-refractivity contribution in [3.8, 4) is 11.5 Å². The van der Waals surface area contributed by atoms with Crippen molar-refractivity contribution in [1.29, 1.82) is 0 Å². The van der Waals surface area contributed by atoms with E-state index in [1.807, 2.05) is 0 Å². The molecule has 1 saturated heterocycles. The van der Waals surface area contributed by atoms with Crippen LogP contribution in [0.4, 0.5) is 0 Å². The number of nitrogens with zero attached hydrogens (tertiary/aromatic N) is 1. The number of methoxy groups -OCH3 is 1. The highest BCUT2D eigenvalue weighted by Crippen LogP contribution is 2.28. The van der Waals surface area contributed by atoms with E-state index in [0.717, 1.165) is 45.7 Å². The number of morpholine rings is 1. The highest BCUT2D eigenvalue weighted by Gasteiger charge is 2.11. The first-order valence-corrected chi connectivity index (χ1v) is 7.55. The molecule has 0 aliphatic carbocycles. The van der Waals surface area contributed by atoms with Crippen LogP contribution in [-0.2, 0) is 4.74 Å². The standard InChI is InChI=1S/C16H23NO5/c1-20-15-12-13(16(18)19)4-5-14(15)22-9-3-2-6-17-7-10-21-11-8-17/h4-5,12H,2-3,6-11H2,1H3,(H,18,19). The Morgan fingerprint density at radius 3 is 2.73 bits per heavy atom. The number of benzene rings is 1. The van der Waals surface area contributed by atoms with Crippen LogP contribution < -0.4 is 9.47 Å². The highest BCUT2D eigenvalue weighted by molar-refractivity contribution is 5.88. The molecule has 6 heteroatoms. The number of carbonyl (C=O) groups is 1. The van der Waals surface area contributed by atoms with E-state index < -0.39 is 5.97 Å². The summed E-state index contributed by atoms with van der Waals surface area (Å²) in [6.07, 6.45) is 2.01. The van der Waals surface area contributed by atoms with Gasteiger partial charge in [-0.2, -0.15) is 0 Å².